The molecule has 0 spiro atoms. The number of aryl methyl sites for hydroxylation is 2. The van der Waals surface area contributed by atoms with Gasteiger partial charge in [-0.3, -0.25) is 9.59 Å². The molecule has 0 heterocycles. The van der Waals surface area contributed by atoms with E-state index in [1.807, 2.05) is 38.1 Å². The lowest BCUT2D eigenvalue weighted by Gasteiger charge is -2.28. The van der Waals surface area contributed by atoms with Crippen LogP contribution >= 0.6 is 11.6 Å². The smallest absolute Gasteiger partial charge is 0.261 e. The van der Waals surface area contributed by atoms with Gasteiger partial charge < -0.3 is 15.0 Å². The van der Waals surface area contributed by atoms with E-state index in [1.54, 1.807) is 32.2 Å². The van der Waals surface area contributed by atoms with Gasteiger partial charge in [0.1, 0.15) is 11.8 Å². The maximum atomic E-state index is 12.8. The van der Waals surface area contributed by atoms with Crippen molar-refractivity contribution in [3.8, 4) is 5.75 Å². The highest BCUT2D eigenvalue weighted by atomic mass is 35.5. The van der Waals surface area contributed by atoms with Gasteiger partial charge in [0.05, 0.1) is 0 Å². The maximum Gasteiger partial charge on any atom is 0.261 e. The number of nitrogens with zero attached hydrogens (tertiary/aromatic N) is 1. The summed E-state index contributed by atoms with van der Waals surface area (Å²) >= 11 is 6.02. The van der Waals surface area contributed by atoms with Crippen molar-refractivity contribution in [1.82, 2.24) is 10.2 Å². The van der Waals surface area contributed by atoms with Crippen LogP contribution in [0.15, 0.2) is 42.5 Å². The fourth-order valence-electron chi connectivity index (χ4n) is 2.70. The molecule has 1 N–H and O–H groups in total. The largest absolute Gasteiger partial charge is 0.484 e. The average Bonchev–Trinajstić information content (AvgIpc) is 2.66. The topological polar surface area (TPSA) is 58.6 Å². The number of nitrogens with one attached hydrogen (secondary N) is 1. The Labute approximate surface area is 165 Å². The van der Waals surface area contributed by atoms with Crippen LogP contribution in [0.25, 0.3) is 0 Å². The van der Waals surface area contributed by atoms with Crippen molar-refractivity contribution in [1.29, 1.82) is 0 Å². The Morgan fingerprint density at radius 2 is 1.85 bits per heavy atom. The molecule has 0 radical (unpaired) electrons. The molecule has 0 unspecified atom stereocenters. The van der Waals surface area contributed by atoms with Crippen molar-refractivity contribution in [2.75, 3.05) is 13.7 Å². The fraction of sp³-hybridized carbons (Fsp3) is 0.333. The SMILES string of the molecule is CNC(=O)[C@H](C)N(Cc1ccccc1C)C(=O)COc1ccc(Cl)c(C)c1. The van der Waals surface area contributed by atoms with Crippen LogP contribution in [0.3, 0.4) is 0 Å². The van der Waals surface area contributed by atoms with E-state index in [1.165, 1.54) is 4.90 Å². The minimum absolute atomic E-state index is 0.158. The van der Waals surface area contributed by atoms with Gasteiger partial charge in [0, 0.05) is 18.6 Å². The van der Waals surface area contributed by atoms with Gasteiger partial charge >= 0.3 is 0 Å². The lowest BCUT2D eigenvalue weighted by Crippen LogP contribution is -2.48. The molecule has 0 fully saturated rings. The highest BCUT2D eigenvalue weighted by molar-refractivity contribution is 6.31. The van der Waals surface area contributed by atoms with Crippen LogP contribution in [0.1, 0.15) is 23.6 Å². The first-order chi connectivity index (χ1) is 12.8. The van der Waals surface area contributed by atoms with Crippen LogP contribution in [-0.4, -0.2) is 36.4 Å². The van der Waals surface area contributed by atoms with Crippen molar-refractivity contribution in [2.45, 2.75) is 33.4 Å². The van der Waals surface area contributed by atoms with Gasteiger partial charge in [-0.2, -0.15) is 0 Å². The van der Waals surface area contributed by atoms with Crippen LogP contribution in [0.2, 0.25) is 5.02 Å². The number of rotatable bonds is 7. The first-order valence-electron chi connectivity index (χ1n) is 8.78. The number of carbonyl (C=O) groups is 2. The van der Waals surface area contributed by atoms with Crippen molar-refractivity contribution in [3.05, 3.63) is 64.2 Å². The first kappa shape index (κ1) is 20.8. The van der Waals surface area contributed by atoms with Gasteiger partial charge in [-0.05, 0) is 55.7 Å². The van der Waals surface area contributed by atoms with Gasteiger partial charge in [-0.25, -0.2) is 0 Å². The van der Waals surface area contributed by atoms with E-state index < -0.39 is 6.04 Å². The third-order valence-corrected chi connectivity index (χ3v) is 4.93. The van der Waals surface area contributed by atoms with Crippen LogP contribution in [-0.2, 0) is 16.1 Å². The predicted molar refractivity (Wildman–Crippen MR) is 107 cm³/mol. The van der Waals surface area contributed by atoms with Crippen LogP contribution in [0, 0.1) is 13.8 Å². The number of hydrogen-bond donors (Lipinski definition) is 1. The van der Waals surface area contributed by atoms with E-state index in [0.29, 0.717) is 17.3 Å². The highest BCUT2D eigenvalue weighted by Crippen LogP contribution is 2.21. The van der Waals surface area contributed by atoms with Gasteiger partial charge in [0.2, 0.25) is 5.91 Å². The van der Waals surface area contributed by atoms with Crippen molar-refractivity contribution < 1.29 is 14.3 Å². The summed E-state index contributed by atoms with van der Waals surface area (Å²) in [7, 11) is 1.56. The van der Waals surface area contributed by atoms with Crippen LogP contribution < -0.4 is 10.1 Å². The molecule has 0 bridgehead atoms. The maximum absolute atomic E-state index is 12.8. The Kier molecular flexibility index (Phi) is 7.25. The number of ether oxygens (including phenoxy) is 1. The summed E-state index contributed by atoms with van der Waals surface area (Å²) in [5.74, 6) is 0.0786. The van der Waals surface area contributed by atoms with Gasteiger partial charge in [-0.1, -0.05) is 35.9 Å². The zero-order chi connectivity index (χ0) is 20.0. The van der Waals surface area contributed by atoms with E-state index in [0.717, 1.165) is 16.7 Å². The minimum Gasteiger partial charge on any atom is -0.484 e. The van der Waals surface area contributed by atoms with Crippen molar-refractivity contribution in [3.63, 3.8) is 0 Å². The molecule has 5 nitrogen and oxygen atoms in total. The Morgan fingerprint density at radius 1 is 1.15 bits per heavy atom. The predicted octanol–water partition coefficient (Wildman–Crippen LogP) is 3.50. The quantitative estimate of drug-likeness (QED) is 0.789. The number of halogens is 1. The van der Waals surface area contributed by atoms with Crippen LogP contribution in [0.5, 0.6) is 5.75 Å². The Balaban J connectivity index is 2.16. The summed E-state index contributed by atoms with van der Waals surface area (Å²) in [4.78, 5) is 26.5. The van der Waals surface area contributed by atoms with E-state index >= 15 is 0 Å². The lowest BCUT2D eigenvalue weighted by molar-refractivity contribution is -0.142. The number of likely N-dealkylation sites (N-methyl/N-ethyl adjacent to an activating group) is 1. The van der Waals surface area contributed by atoms with E-state index in [9.17, 15) is 9.59 Å². The Bertz CT molecular complexity index is 823. The number of hydrogen-bond acceptors (Lipinski definition) is 3. The summed E-state index contributed by atoms with van der Waals surface area (Å²) in [5, 5.41) is 3.24. The second-order valence-corrected chi connectivity index (χ2v) is 6.85. The molecule has 0 aliphatic carbocycles. The molecule has 6 heteroatoms. The molecule has 27 heavy (non-hydrogen) atoms. The molecule has 0 aromatic heterocycles. The summed E-state index contributed by atoms with van der Waals surface area (Å²) in [6, 6.07) is 12.4. The van der Waals surface area contributed by atoms with Crippen LogP contribution in [0.4, 0.5) is 0 Å². The van der Waals surface area contributed by atoms with Gasteiger partial charge in [0.15, 0.2) is 6.61 Å². The number of amides is 2. The summed E-state index contributed by atoms with van der Waals surface area (Å²) in [5.41, 5.74) is 2.93. The summed E-state index contributed by atoms with van der Waals surface area (Å²) < 4.78 is 5.63. The van der Waals surface area contributed by atoms with Gasteiger partial charge in [-0.15, -0.1) is 0 Å². The molecular weight excluding hydrogens is 364 g/mol. The fourth-order valence-corrected chi connectivity index (χ4v) is 2.82. The molecule has 1 atom stereocenters. The standard InChI is InChI=1S/C21H25ClN2O3/c1-14-7-5-6-8-17(14)12-24(16(3)21(26)23-4)20(25)13-27-18-9-10-19(22)15(2)11-18/h5-11,16H,12-13H2,1-4H3,(H,23,26)/t16-/m0/s1. The highest BCUT2D eigenvalue weighted by Gasteiger charge is 2.26. The van der Waals surface area contributed by atoms with Gasteiger partial charge in [0.25, 0.3) is 5.91 Å². The van der Waals surface area contributed by atoms with E-state index in [4.69, 9.17) is 16.3 Å². The number of carbonyl (C=O) groups excluding carboxylic acids is 2. The zero-order valence-electron chi connectivity index (χ0n) is 16.1. The second-order valence-electron chi connectivity index (χ2n) is 6.44. The lowest BCUT2D eigenvalue weighted by atomic mass is 10.1. The molecule has 2 rings (SSSR count). The number of benzene rings is 2. The second kappa shape index (κ2) is 9.42. The molecule has 2 amide bonds. The molecule has 0 saturated heterocycles. The molecule has 2 aromatic carbocycles. The minimum atomic E-state index is -0.613. The molecular formula is C21H25ClN2O3. The third kappa shape index (κ3) is 5.47. The molecule has 0 aliphatic rings. The molecule has 0 saturated carbocycles. The Morgan fingerprint density at radius 3 is 2.48 bits per heavy atom. The van der Waals surface area contributed by atoms with Crippen molar-refractivity contribution in [2.24, 2.45) is 0 Å². The van der Waals surface area contributed by atoms with E-state index in [2.05, 4.69) is 5.32 Å². The molecule has 2 aromatic rings. The monoisotopic (exact) mass is 388 g/mol. The average molecular weight is 389 g/mol. The molecule has 144 valence electrons. The Hall–Kier alpha value is -2.53. The normalized spacial score (nSPS) is 11.6. The first-order valence-corrected chi connectivity index (χ1v) is 9.15. The zero-order valence-corrected chi connectivity index (χ0v) is 16.8. The van der Waals surface area contributed by atoms with E-state index in [-0.39, 0.29) is 18.4 Å². The summed E-state index contributed by atoms with van der Waals surface area (Å²) in [6.45, 7) is 5.74. The summed E-state index contributed by atoms with van der Waals surface area (Å²) in [6.07, 6.45) is 0. The third-order valence-electron chi connectivity index (χ3n) is 4.51. The molecule has 0 aliphatic heterocycles. The van der Waals surface area contributed by atoms with Crippen molar-refractivity contribution >= 4 is 23.4 Å².